The first-order valence-electron chi connectivity index (χ1n) is 8.01. The monoisotopic (exact) mass is 452 g/mol. The summed E-state index contributed by atoms with van der Waals surface area (Å²) in [7, 11) is 1.82. The highest BCUT2D eigenvalue weighted by Crippen LogP contribution is 2.10. The number of aliphatic imine (C=N–C) groups is 1. The number of guanidine groups is 1. The Labute approximate surface area is 160 Å². The second kappa shape index (κ2) is 11.2. The largest absolute Gasteiger partial charge is 0.379 e. The van der Waals surface area contributed by atoms with Crippen LogP contribution in [0.3, 0.4) is 0 Å². The highest BCUT2D eigenvalue weighted by molar-refractivity contribution is 14.0. The van der Waals surface area contributed by atoms with Gasteiger partial charge in [-0.2, -0.15) is 0 Å². The Hall–Kier alpha value is -0.380. The van der Waals surface area contributed by atoms with Crippen molar-refractivity contribution < 1.29 is 4.74 Å². The van der Waals surface area contributed by atoms with Crippen molar-refractivity contribution in [2.24, 2.45) is 4.99 Å². The normalized spacial score (nSPS) is 20.7. The maximum Gasteiger partial charge on any atom is 0.191 e. The molecule has 0 aliphatic carbocycles. The standard InChI is InChI=1S/C16H28N4OS.HI/c1-13(20-8-9-21-12-14(20)2)11-19-16(17-3)18-7-6-15-5-4-10-22-15;/h4-5,10,13-14H,6-9,11-12H2,1-3H3,(H2,17,18,19);1H. The Bertz CT molecular complexity index is 455. The number of nitrogens with one attached hydrogen (secondary N) is 2. The van der Waals surface area contributed by atoms with E-state index in [0.29, 0.717) is 12.1 Å². The highest BCUT2D eigenvalue weighted by Gasteiger charge is 2.23. The van der Waals surface area contributed by atoms with E-state index in [1.807, 2.05) is 7.05 Å². The minimum absolute atomic E-state index is 0. The second-order valence-corrected chi connectivity index (χ2v) is 6.75. The fourth-order valence-electron chi connectivity index (χ4n) is 2.74. The maximum atomic E-state index is 5.50. The summed E-state index contributed by atoms with van der Waals surface area (Å²) in [6.45, 7) is 8.96. The molecule has 1 fully saturated rings. The molecule has 1 aliphatic rings. The first-order valence-corrected chi connectivity index (χ1v) is 8.89. The number of thiophene rings is 1. The molecule has 5 nitrogen and oxygen atoms in total. The molecular weight excluding hydrogens is 423 g/mol. The van der Waals surface area contributed by atoms with Crippen molar-refractivity contribution in [2.75, 3.05) is 39.9 Å². The van der Waals surface area contributed by atoms with E-state index in [0.717, 1.165) is 45.2 Å². The van der Waals surface area contributed by atoms with E-state index >= 15 is 0 Å². The van der Waals surface area contributed by atoms with Gasteiger partial charge in [-0.25, -0.2) is 0 Å². The molecule has 0 amide bonds. The first kappa shape index (κ1) is 20.7. The third-order valence-corrected chi connectivity index (χ3v) is 4.95. The van der Waals surface area contributed by atoms with Crippen LogP contribution in [0.2, 0.25) is 0 Å². The van der Waals surface area contributed by atoms with Crippen LogP contribution in [0, 0.1) is 0 Å². The fraction of sp³-hybridized carbons (Fsp3) is 0.688. The van der Waals surface area contributed by atoms with Crippen LogP contribution in [0.15, 0.2) is 22.5 Å². The molecule has 1 aliphatic heterocycles. The van der Waals surface area contributed by atoms with Crippen LogP contribution < -0.4 is 10.6 Å². The lowest BCUT2D eigenvalue weighted by Gasteiger charge is -2.38. The van der Waals surface area contributed by atoms with Gasteiger partial charge in [0, 0.05) is 43.6 Å². The zero-order chi connectivity index (χ0) is 15.8. The maximum absolute atomic E-state index is 5.50. The molecule has 2 heterocycles. The SMILES string of the molecule is CN=C(NCCc1cccs1)NCC(C)N1CCOCC1C.I. The van der Waals surface area contributed by atoms with Crippen molar-refractivity contribution in [3.05, 3.63) is 22.4 Å². The van der Waals surface area contributed by atoms with Crippen molar-refractivity contribution in [3.8, 4) is 0 Å². The summed E-state index contributed by atoms with van der Waals surface area (Å²) in [4.78, 5) is 8.19. The number of nitrogens with zero attached hydrogens (tertiary/aromatic N) is 2. The van der Waals surface area contributed by atoms with Crippen LogP contribution in [0.4, 0.5) is 0 Å². The lowest BCUT2D eigenvalue weighted by molar-refractivity contribution is -0.0174. The molecule has 7 heteroatoms. The molecule has 23 heavy (non-hydrogen) atoms. The van der Waals surface area contributed by atoms with Crippen LogP contribution >= 0.6 is 35.3 Å². The van der Waals surface area contributed by atoms with Crippen molar-refractivity contribution in [2.45, 2.75) is 32.4 Å². The van der Waals surface area contributed by atoms with E-state index in [4.69, 9.17) is 4.74 Å². The summed E-state index contributed by atoms with van der Waals surface area (Å²) in [6.07, 6.45) is 1.04. The van der Waals surface area contributed by atoms with E-state index < -0.39 is 0 Å². The molecule has 1 aromatic heterocycles. The molecule has 0 bridgehead atoms. The lowest BCUT2D eigenvalue weighted by atomic mass is 10.2. The number of ether oxygens (including phenoxy) is 1. The van der Waals surface area contributed by atoms with Gasteiger partial charge in [-0.3, -0.25) is 9.89 Å². The van der Waals surface area contributed by atoms with Crippen molar-refractivity contribution in [1.82, 2.24) is 15.5 Å². The lowest BCUT2D eigenvalue weighted by Crippen LogP contribution is -2.53. The Morgan fingerprint density at radius 2 is 2.35 bits per heavy atom. The van der Waals surface area contributed by atoms with Gasteiger partial charge in [0.2, 0.25) is 0 Å². The molecule has 2 atom stereocenters. The molecule has 2 N–H and O–H groups in total. The Morgan fingerprint density at radius 3 is 3.00 bits per heavy atom. The van der Waals surface area contributed by atoms with Gasteiger partial charge in [0.25, 0.3) is 0 Å². The van der Waals surface area contributed by atoms with Gasteiger partial charge in [-0.05, 0) is 31.7 Å². The molecule has 132 valence electrons. The molecule has 1 aromatic rings. The molecule has 0 radical (unpaired) electrons. The number of rotatable bonds is 6. The Morgan fingerprint density at radius 1 is 1.52 bits per heavy atom. The van der Waals surface area contributed by atoms with Crippen LogP contribution in [-0.4, -0.2) is 62.8 Å². The van der Waals surface area contributed by atoms with Crippen LogP contribution in [-0.2, 0) is 11.2 Å². The average molecular weight is 452 g/mol. The van der Waals surface area contributed by atoms with Crippen LogP contribution in [0.25, 0.3) is 0 Å². The fourth-order valence-corrected chi connectivity index (χ4v) is 3.44. The number of morpholine rings is 1. The van der Waals surface area contributed by atoms with Crippen LogP contribution in [0.5, 0.6) is 0 Å². The molecule has 0 saturated carbocycles. The van der Waals surface area contributed by atoms with Crippen molar-refractivity contribution >= 4 is 41.3 Å². The minimum atomic E-state index is 0. The van der Waals surface area contributed by atoms with Gasteiger partial charge < -0.3 is 15.4 Å². The predicted octanol–water partition coefficient (Wildman–Crippen LogP) is 2.18. The van der Waals surface area contributed by atoms with Gasteiger partial charge in [0.15, 0.2) is 5.96 Å². The molecule has 2 rings (SSSR count). The summed E-state index contributed by atoms with van der Waals surface area (Å²) in [5.74, 6) is 0.879. The predicted molar refractivity (Wildman–Crippen MR) is 109 cm³/mol. The van der Waals surface area contributed by atoms with Gasteiger partial charge in [0.1, 0.15) is 0 Å². The van der Waals surface area contributed by atoms with Gasteiger partial charge >= 0.3 is 0 Å². The number of halogens is 1. The summed E-state index contributed by atoms with van der Waals surface area (Å²) in [6, 6.07) is 5.22. The third-order valence-electron chi connectivity index (χ3n) is 4.02. The van der Waals surface area contributed by atoms with E-state index in [1.54, 1.807) is 11.3 Å². The van der Waals surface area contributed by atoms with Crippen molar-refractivity contribution in [3.63, 3.8) is 0 Å². The second-order valence-electron chi connectivity index (χ2n) is 5.72. The van der Waals surface area contributed by atoms with E-state index in [-0.39, 0.29) is 24.0 Å². The molecule has 0 spiro atoms. The van der Waals surface area contributed by atoms with E-state index in [2.05, 4.69) is 51.9 Å². The zero-order valence-electron chi connectivity index (χ0n) is 14.2. The average Bonchev–Trinajstić information content (AvgIpc) is 3.04. The van der Waals surface area contributed by atoms with Crippen LogP contribution in [0.1, 0.15) is 18.7 Å². The number of hydrogen-bond donors (Lipinski definition) is 2. The highest BCUT2D eigenvalue weighted by atomic mass is 127. The summed E-state index contributed by atoms with van der Waals surface area (Å²) in [5, 5.41) is 8.93. The quantitative estimate of drug-likeness (QED) is 0.395. The summed E-state index contributed by atoms with van der Waals surface area (Å²) >= 11 is 1.80. The molecule has 1 saturated heterocycles. The van der Waals surface area contributed by atoms with Gasteiger partial charge in [-0.15, -0.1) is 35.3 Å². The van der Waals surface area contributed by atoms with E-state index in [1.165, 1.54) is 4.88 Å². The summed E-state index contributed by atoms with van der Waals surface area (Å²) < 4.78 is 5.50. The number of hydrogen-bond acceptors (Lipinski definition) is 4. The topological polar surface area (TPSA) is 48.9 Å². The smallest absolute Gasteiger partial charge is 0.191 e. The zero-order valence-corrected chi connectivity index (χ0v) is 17.4. The van der Waals surface area contributed by atoms with Gasteiger partial charge in [0.05, 0.1) is 13.2 Å². The first-order chi connectivity index (χ1) is 10.7. The Kier molecular flexibility index (Phi) is 10.1. The minimum Gasteiger partial charge on any atom is -0.379 e. The molecule has 0 aromatic carbocycles. The van der Waals surface area contributed by atoms with E-state index in [9.17, 15) is 0 Å². The third kappa shape index (κ3) is 6.94. The summed E-state index contributed by atoms with van der Waals surface area (Å²) in [5.41, 5.74) is 0. The van der Waals surface area contributed by atoms with Gasteiger partial charge in [-0.1, -0.05) is 6.07 Å². The Balaban J connectivity index is 0.00000264. The van der Waals surface area contributed by atoms with Crippen molar-refractivity contribution in [1.29, 1.82) is 0 Å². The molecule has 2 unspecified atom stereocenters. The molecular formula is C16H29IN4OS.